The third kappa shape index (κ3) is 2.66. The zero-order valence-corrected chi connectivity index (χ0v) is 12.8. The van der Waals surface area contributed by atoms with Crippen LogP contribution in [0.1, 0.15) is 16.3 Å². The SMILES string of the molecule is COC(=O)c1nn(C)c2ccc(NC=C(C#N)c3nn[nH]n3)cc12. The molecule has 2 aromatic heterocycles. The molecule has 0 atom stereocenters. The number of methoxy groups -OCH3 is 1. The summed E-state index contributed by atoms with van der Waals surface area (Å²) in [6, 6.07) is 7.33. The zero-order valence-electron chi connectivity index (χ0n) is 12.8. The molecule has 0 fully saturated rings. The van der Waals surface area contributed by atoms with Crippen LogP contribution in [0.2, 0.25) is 0 Å². The number of carbonyl (C=O) groups is 1. The highest BCUT2D eigenvalue weighted by Crippen LogP contribution is 2.23. The summed E-state index contributed by atoms with van der Waals surface area (Å²) >= 11 is 0. The van der Waals surface area contributed by atoms with E-state index in [4.69, 9.17) is 10.00 Å². The Labute approximate surface area is 135 Å². The van der Waals surface area contributed by atoms with Crippen LogP contribution in [0.4, 0.5) is 5.69 Å². The molecule has 120 valence electrons. The molecule has 2 heterocycles. The Kier molecular flexibility index (Phi) is 3.90. The minimum Gasteiger partial charge on any atom is -0.464 e. The molecule has 0 spiro atoms. The molecule has 0 aliphatic heterocycles. The highest BCUT2D eigenvalue weighted by molar-refractivity contribution is 6.03. The summed E-state index contributed by atoms with van der Waals surface area (Å²) in [6.07, 6.45) is 1.46. The van der Waals surface area contributed by atoms with Gasteiger partial charge in [-0.1, -0.05) is 0 Å². The topological polar surface area (TPSA) is 134 Å². The first-order chi connectivity index (χ1) is 11.6. The predicted molar refractivity (Wildman–Crippen MR) is 83.4 cm³/mol. The normalized spacial score (nSPS) is 11.3. The van der Waals surface area contributed by atoms with Crippen LogP contribution < -0.4 is 5.32 Å². The number of benzene rings is 1. The Morgan fingerprint density at radius 3 is 3.00 bits per heavy atom. The number of hydrogen-bond donors (Lipinski definition) is 2. The van der Waals surface area contributed by atoms with Crippen LogP contribution in [-0.4, -0.2) is 43.5 Å². The van der Waals surface area contributed by atoms with Gasteiger partial charge in [-0.2, -0.15) is 15.6 Å². The molecule has 0 aliphatic carbocycles. The second-order valence-corrected chi connectivity index (χ2v) is 4.75. The van der Waals surface area contributed by atoms with E-state index < -0.39 is 5.97 Å². The molecule has 10 heteroatoms. The summed E-state index contributed by atoms with van der Waals surface area (Å²) in [5.41, 5.74) is 1.88. The van der Waals surface area contributed by atoms with Crippen molar-refractivity contribution >= 4 is 28.1 Å². The number of aromatic nitrogens is 6. The zero-order chi connectivity index (χ0) is 17.1. The van der Waals surface area contributed by atoms with Gasteiger partial charge >= 0.3 is 5.97 Å². The van der Waals surface area contributed by atoms with Crippen LogP contribution in [-0.2, 0) is 11.8 Å². The quantitative estimate of drug-likeness (QED) is 0.532. The lowest BCUT2D eigenvalue weighted by atomic mass is 10.2. The van der Waals surface area contributed by atoms with Crippen LogP contribution >= 0.6 is 0 Å². The Morgan fingerprint density at radius 1 is 1.50 bits per heavy atom. The van der Waals surface area contributed by atoms with E-state index in [1.54, 1.807) is 23.9 Å². The molecule has 10 nitrogen and oxygen atoms in total. The fraction of sp³-hybridized carbons (Fsp3) is 0.143. The molecular formula is C14H12N8O2. The van der Waals surface area contributed by atoms with Crippen LogP contribution in [0.15, 0.2) is 24.4 Å². The third-order valence-corrected chi connectivity index (χ3v) is 3.32. The van der Waals surface area contributed by atoms with Gasteiger partial charge in [0.05, 0.1) is 12.6 Å². The molecular weight excluding hydrogens is 312 g/mol. The summed E-state index contributed by atoms with van der Waals surface area (Å²) in [5, 5.41) is 30.1. The largest absolute Gasteiger partial charge is 0.464 e. The lowest BCUT2D eigenvalue weighted by molar-refractivity contribution is 0.0595. The molecule has 2 N–H and O–H groups in total. The number of ether oxygens (including phenoxy) is 1. The molecule has 0 radical (unpaired) electrons. The van der Waals surface area contributed by atoms with E-state index in [-0.39, 0.29) is 17.1 Å². The van der Waals surface area contributed by atoms with Crippen molar-refractivity contribution in [2.75, 3.05) is 12.4 Å². The maximum absolute atomic E-state index is 11.8. The molecule has 24 heavy (non-hydrogen) atoms. The molecule has 0 unspecified atom stereocenters. The van der Waals surface area contributed by atoms with Crippen molar-refractivity contribution in [3.63, 3.8) is 0 Å². The lowest BCUT2D eigenvalue weighted by Crippen LogP contribution is -2.03. The number of nitriles is 1. The second kappa shape index (κ2) is 6.17. The second-order valence-electron chi connectivity index (χ2n) is 4.75. The standard InChI is InChI=1S/C14H12N8O2/c1-22-11-4-3-9(5-10(11)12(19-22)14(23)24-2)16-7-8(6-15)13-17-20-21-18-13/h3-5,7,16H,1-2H3,(H,17,18,20,21). The van der Waals surface area contributed by atoms with Crippen LogP contribution in [0.5, 0.6) is 0 Å². The van der Waals surface area contributed by atoms with E-state index >= 15 is 0 Å². The van der Waals surface area contributed by atoms with E-state index in [0.717, 1.165) is 5.52 Å². The van der Waals surface area contributed by atoms with Crippen LogP contribution in [0.25, 0.3) is 16.5 Å². The number of carbonyl (C=O) groups excluding carboxylic acids is 1. The monoisotopic (exact) mass is 324 g/mol. The average molecular weight is 324 g/mol. The number of esters is 1. The van der Waals surface area contributed by atoms with Gasteiger partial charge in [0, 0.05) is 24.3 Å². The van der Waals surface area contributed by atoms with Crippen molar-refractivity contribution in [1.82, 2.24) is 30.4 Å². The molecule has 0 saturated carbocycles. The van der Waals surface area contributed by atoms with Gasteiger partial charge in [0.15, 0.2) is 5.69 Å². The van der Waals surface area contributed by atoms with Gasteiger partial charge in [0.1, 0.15) is 11.6 Å². The maximum atomic E-state index is 11.8. The van der Waals surface area contributed by atoms with Gasteiger partial charge in [-0.15, -0.1) is 10.2 Å². The van der Waals surface area contributed by atoms with Gasteiger partial charge in [0.25, 0.3) is 0 Å². The first-order valence-corrected chi connectivity index (χ1v) is 6.79. The average Bonchev–Trinajstić information content (AvgIpc) is 3.23. The highest BCUT2D eigenvalue weighted by Gasteiger charge is 2.16. The number of fused-ring (bicyclic) bond motifs is 1. The fourth-order valence-corrected chi connectivity index (χ4v) is 2.18. The van der Waals surface area contributed by atoms with Crippen molar-refractivity contribution < 1.29 is 9.53 Å². The van der Waals surface area contributed by atoms with Crippen LogP contribution in [0.3, 0.4) is 0 Å². The Balaban J connectivity index is 1.96. The van der Waals surface area contributed by atoms with Crippen molar-refractivity contribution in [1.29, 1.82) is 5.26 Å². The molecule has 3 aromatic rings. The number of tetrazole rings is 1. The number of aromatic amines is 1. The first kappa shape index (κ1) is 15.2. The van der Waals surface area contributed by atoms with E-state index in [1.165, 1.54) is 13.3 Å². The number of nitrogens with one attached hydrogen (secondary N) is 2. The van der Waals surface area contributed by atoms with Crippen molar-refractivity contribution in [3.05, 3.63) is 35.9 Å². The Morgan fingerprint density at radius 2 is 2.33 bits per heavy atom. The number of allylic oxidation sites excluding steroid dienone is 1. The summed E-state index contributed by atoms with van der Waals surface area (Å²) in [5.74, 6) is -0.333. The van der Waals surface area contributed by atoms with Gasteiger partial charge in [-0.3, -0.25) is 4.68 Å². The van der Waals surface area contributed by atoms with Gasteiger partial charge in [-0.25, -0.2) is 4.79 Å². The Bertz CT molecular complexity index is 965. The summed E-state index contributed by atoms with van der Waals surface area (Å²) < 4.78 is 6.34. The van der Waals surface area contributed by atoms with Crippen molar-refractivity contribution in [2.24, 2.45) is 7.05 Å². The van der Waals surface area contributed by atoms with Crippen LogP contribution in [0, 0.1) is 11.3 Å². The number of nitrogens with zero attached hydrogens (tertiary/aromatic N) is 6. The van der Waals surface area contributed by atoms with E-state index in [9.17, 15) is 4.79 Å². The minimum atomic E-state index is -0.516. The van der Waals surface area contributed by atoms with E-state index in [1.807, 2.05) is 12.1 Å². The molecule has 3 rings (SSSR count). The smallest absolute Gasteiger partial charge is 0.359 e. The van der Waals surface area contributed by atoms with E-state index in [2.05, 4.69) is 31.0 Å². The summed E-state index contributed by atoms with van der Waals surface area (Å²) in [7, 11) is 3.05. The fourth-order valence-electron chi connectivity index (χ4n) is 2.18. The predicted octanol–water partition coefficient (Wildman–Crippen LogP) is 0.850. The number of H-pyrrole nitrogens is 1. The van der Waals surface area contributed by atoms with E-state index in [0.29, 0.717) is 11.1 Å². The number of hydrogen-bond acceptors (Lipinski definition) is 8. The lowest BCUT2D eigenvalue weighted by Gasteiger charge is -2.02. The highest BCUT2D eigenvalue weighted by atomic mass is 16.5. The number of anilines is 1. The van der Waals surface area contributed by atoms with Gasteiger partial charge in [-0.05, 0) is 23.4 Å². The number of rotatable bonds is 4. The molecule has 1 aromatic carbocycles. The van der Waals surface area contributed by atoms with Gasteiger partial charge < -0.3 is 10.1 Å². The molecule has 0 amide bonds. The first-order valence-electron chi connectivity index (χ1n) is 6.79. The maximum Gasteiger partial charge on any atom is 0.359 e. The third-order valence-electron chi connectivity index (χ3n) is 3.32. The summed E-state index contributed by atoms with van der Waals surface area (Å²) in [6.45, 7) is 0. The molecule has 0 bridgehead atoms. The van der Waals surface area contributed by atoms with Crippen molar-refractivity contribution in [2.45, 2.75) is 0 Å². The molecule has 0 aliphatic rings. The Hall–Kier alpha value is -3.74. The molecule has 0 saturated heterocycles. The number of aryl methyl sites for hydroxylation is 1. The summed E-state index contributed by atoms with van der Waals surface area (Å²) in [4.78, 5) is 11.8. The van der Waals surface area contributed by atoms with Crippen molar-refractivity contribution in [3.8, 4) is 6.07 Å². The van der Waals surface area contributed by atoms with Gasteiger partial charge in [0.2, 0.25) is 5.82 Å². The minimum absolute atomic E-state index is 0.183.